The molecule has 0 fully saturated rings. The van der Waals surface area contributed by atoms with Gasteiger partial charge in [-0.1, -0.05) is 0 Å². The van der Waals surface area contributed by atoms with Crippen LogP contribution in [0.4, 0.5) is 22.0 Å². The molecule has 3 N–H and O–H groups in total. The molecule has 0 unspecified atom stereocenters. The molecule has 1 aromatic carbocycles. The molecule has 7 nitrogen and oxygen atoms in total. The van der Waals surface area contributed by atoms with Crippen LogP contribution in [-0.4, -0.2) is 28.2 Å². The normalized spacial score (nSPS) is 10.5. The molecule has 8 heteroatoms. The number of aromatic nitrogens is 3. The van der Waals surface area contributed by atoms with Crippen molar-refractivity contribution in [2.45, 2.75) is 20.0 Å². The molecule has 0 atom stereocenters. The number of nitrogen functional groups attached to an aromatic ring is 1. The van der Waals surface area contributed by atoms with Crippen molar-refractivity contribution in [3.8, 4) is 11.8 Å². The van der Waals surface area contributed by atoms with Gasteiger partial charge in [-0.25, -0.2) is 4.39 Å². The first kappa shape index (κ1) is 14.8. The Labute approximate surface area is 121 Å². The number of nitrogens with one attached hydrogen (secondary N) is 1. The van der Waals surface area contributed by atoms with Gasteiger partial charge in [0.25, 0.3) is 0 Å². The molecule has 2 aromatic rings. The van der Waals surface area contributed by atoms with Crippen molar-refractivity contribution < 1.29 is 13.9 Å². The van der Waals surface area contributed by atoms with E-state index in [1.807, 2.05) is 13.8 Å². The molecule has 0 amide bonds. The monoisotopic (exact) mass is 293 g/mol. The van der Waals surface area contributed by atoms with E-state index in [9.17, 15) is 4.39 Å². The van der Waals surface area contributed by atoms with E-state index >= 15 is 0 Å². The first-order valence-corrected chi connectivity index (χ1v) is 6.26. The summed E-state index contributed by atoms with van der Waals surface area (Å²) in [7, 11) is 1.49. The molecule has 1 aromatic heterocycles. The fourth-order valence-electron chi connectivity index (χ4n) is 1.54. The highest BCUT2D eigenvalue weighted by Gasteiger charge is 2.10. The fraction of sp³-hybridized carbons (Fsp3) is 0.308. The molecular weight excluding hydrogens is 277 g/mol. The summed E-state index contributed by atoms with van der Waals surface area (Å²) < 4.78 is 24.1. The van der Waals surface area contributed by atoms with E-state index in [1.165, 1.54) is 25.3 Å². The van der Waals surface area contributed by atoms with Crippen LogP contribution >= 0.6 is 0 Å². The maximum absolute atomic E-state index is 13.8. The van der Waals surface area contributed by atoms with Crippen LogP contribution in [-0.2, 0) is 0 Å². The van der Waals surface area contributed by atoms with Crippen LogP contribution in [0.15, 0.2) is 18.2 Å². The first-order chi connectivity index (χ1) is 9.97. The van der Waals surface area contributed by atoms with Gasteiger partial charge in [0.15, 0.2) is 0 Å². The van der Waals surface area contributed by atoms with E-state index in [0.29, 0.717) is 5.75 Å². The Balaban J connectivity index is 2.28. The van der Waals surface area contributed by atoms with Crippen LogP contribution in [0.3, 0.4) is 0 Å². The average Bonchev–Trinajstić information content (AvgIpc) is 2.39. The molecule has 0 spiro atoms. The number of hydrogen-bond acceptors (Lipinski definition) is 7. The van der Waals surface area contributed by atoms with Crippen molar-refractivity contribution in [2.75, 3.05) is 18.2 Å². The second kappa shape index (κ2) is 6.21. The highest BCUT2D eigenvalue weighted by atomic mass is 19.1. The molecule has 0 aliphatic carbocycles. The minimum atomic E-state index is -0.471. The lowest BCUT2D eigenvalue weighted by Gasteiger charge is -2.11. The third kappa shape index (κ3) is 3.91. The number of rotatable bonds is 5. The summed E-state index contributed by atoms with van der Waals surface area (Å²) in [5.41, 5.74) is 5.74. The summed E-state index contributed by atoms with van der Waals surface area (Å²) in [6, 6.07) is 4.34. The Morgan fingerprint density at radius 3 is 2.67 bits per heavy atom. The highest BCUT2D eigenvalue weighted by molar-refractivity contribution is 5.57. The maximum atomic E-state index is 13.8. The minimum absolute atomic E-state index is 0.0218. The van der Waals surface area contributed by atoms with Gasteiger partial charge in [0.2, 0.25) is 11.9 Å². The van der Waals surface area contributed by atoms with Crippen molar-refractivity contribution in [2.24, 2.45) is 0 Å². The van der Waals surface area contributed by atoms with Gasteiger partial charge in [-0.05, 0) is 26.0 Å². The lowest BCUT2D eigenvalue weighted by molar-refractivity contribution is 0.222. The molecule has 2 rings (SSSR count). The number of hydrogen-bond donors (Lipinski definition) is 2. The van der Waals surface area contributed by atoms with Crippen molar-refractivity contribution in [1.82, 2.24) is 15.0 Å². The molecule has 0 radical (unpaired) electrons. The summed E-state index contributed by atoms with van der Waals surface area (Å²) in [6.45, 7) is 3.66. The molecule has 1 heterocycles. The molecule has 0 aliphatic rings. The number of benzene rings is 1. The molecule has 0 aliphatic heterocycles. The summed E-state index contributed by atoms with van der Waals surface area (Å²) in [5, 5.41) is 2.72. The molecule has 0 saturated carbocycles. The van der Waals surface area contributed by atoms with Gasteiger partial charge in [0, 0.05) is 6.07 Å². The van der Waals surface area contributed by atoms with E-state index in [-0.39, 0.29) is 29.7 Å². The highest BCUT2D eigenvalue weighted by Crippen LogP contribution is 2.24. The van der Waals surface area contributed by atoms with E-state index in [2.05, 4.69) is 20.3 Å². The van der Waals surface area contributed by atoms with E-state index in [4.69, 9.17) is 15.2 Å². The first-order valence-electron chi connectivity index (χ1n) is 6.26. The minimum Gasteiger partial charge on any atom is -0.497 e. The quantitative estimate of drug-likeness (QED) is 0.871. The predicted octanol–water partition coefficient (Wildman–Crippen LogP) is 2.13. The average molecular weight is 293 g/mol. The Kier molecular flexibility index (Phi) is 4.36. The Hall–Kier alpha value is -2.64. The van der Waals surface area contributed by atoms with Gasteiger partial charge >= 0.3 is 6.01 Å². The maximum Gasteiger partial charge on any atom is 0.323 e. The summed E-state index contributed by atoms with van der Waals surface area (Å²) in [5.74, 6) is 0.0949. The van der Waals surface area contributed by atoms with Gasteiger partial charge in [-0.3, -0.25) is 0 Å². The smallest absolute Gasteiger partial charge is 0.323 e. The van der Waals surface area contributed by atoms with Crippen molar-refractivity contribution in [3.05, 3.63) is 24.0 Å². The summed E-state index contributed by atoms with van der Waals surface area (Å²) >= 11 is 0. The topological polar surface area (TPSA) is 95.2 Å². The van der Waals surface area contributed by atoms with E-state index in [1.54, 1.807) is 0 Å². The number of halogens is 1. The second-order valence-electron chi connectivity index (χ2n) is 4.44. The third-order valence-corrected chi connectivity index (χ3v) is 2.39. The molecular formula is C13H16FN5O2. The zero-order valence-electron chi connectivity index (χ0n) is 11.9. The predicted molar refractivity (Wildman–Crippen MR) is 76.2 cm³/mol. The Bertz CT molecular complexity index is 636. The van der Waals surface area contributed by atoms with Crippen LogP contribution < -0.4 is 20.5 Å². The molecule has 112 valence electrons. The van der Waals surface area contributed by atoms with Gasteiger partial charge in [0.05, 0.1) is 18.9 Å². The van der Waals surface area contributed by atoms with Crippen LogP contribution in [0.25, 0.3) is 0 Å². The van der Waals surface area contributed by atoms with Crippen LogP contribution in [0.2, 0.25) is 0 Å². The summed E-state index contributed by atoms with van der Waals surface area (Å²) in [4.78, 5) is 11.8. The van der Waals surface area contributed by atoms with E-state index in [0.717, 1.165) is 0 Å². The van der Waals surface area contributed by atoms with Gasteiger partial charge in [0.1, 0.15) is 11.6 Å². The van der Waals surface area contributed by atoms with Gasteiger partial charge < -0.3 is 20.5 Å². The van der Waals surface area contributed by atoms with Crippen LogP contribution in [0, 0.1) is 5.82 Å². The largest absolute Gasteiger partial charge is 0.497 e. The lowest BCUT2D eigenvalue weighted by Crippen LogP contribution is -2.12. The number of ether oxygens (including phenoxy) is 2. The lowest BCUT2D eigenvalue weighted by atomic mass is 10.3. The second-order valence-corrected chi connectivity index (χ2v) is 4.44. The zero-order valence-corrected chi connectivity index (χ0v) is 11.9. The fourth-order valence-corrected chi connectivity index (χ4v) is 1.54. The Morgan fingerprint density at radius 1 is 1.24 bits per heavy atom. The zero-order chi connectivity index (χ0) is 15.4. The number of methoxy groups -OCH3 is 1. The standard InChI is InChI=1S/C13H16FN5O2/c1-7(2)21-13-18-11(15)17-12(19-13)16-10-6-8(20-3)4-5-9(10)14/h4-7H,1-3H3,(H3,15,16,17,18,19). The molecule has 0 bridgehead atoms. The number of nitrogens with two attached hydrogens (primary N) is 1. The Morgan fingerprint density at radius 2 is 2.00 bits per heavy atom. The molecule has 0 saturated heterocycles. The molecule has 21 heavy (non-hydrogen) atoms. The van der Waals surface area contributed by atoms with Gasteiger partial charge in [-0.15, -0.1) is 0 Å². The van der Waals surface area contributed by atoms with Crippen LogP contribution in [0.5, 0.6) is 11.8 Å². The van der Waals surface area contributed by atoms with Crippen molar-refractivity contribution in [1.29, 1.82) is 0 Å². The van der Waals surface area contributed by atoms with Gasteiger partial charge in [-0.2, -0.15) is 15.0 Å². The van der Waals surface area contributed by atoms with E-state index < -0.39 is 5.82 Å². The SMILES string of the molecule is COc1ccc(F)c(Nc2nc(N)nc(OC(C)C)n2)c1. The number of nitrogens with zero attached hydrogens (tertiary/aromatic N) is 3. The van der Waals surface area contributed by atoms with Crippen LogP contribution in [0.1, 0.15) is 13.8 Å². The summed E-state index contributed by atoms with van der Waals surface area (Å²) in [6.07, 6.45) is -0.117. The third-order valence-electron chi connectivity index (χ3n) is 2.39. The van der Waals surface area contributed by atoms with Crippen molar-refractivity contribution >= 4 is 17.6 Å². The number of anilines is 3. The van der Waals surface area contributed by atoms with Crippen molar-refractivity contribution in [3.63, 3.8) is 0 Å².